The smallest absolute Gasteiger partial charge is 0.300 e. The maximum Gasteiger partial charge on any atom is 0.398 e. The Labute approximate surface area is 121 Å². The van der Waals surface area contributed by atoms with Gasteiger partial charge in [-0.3, -0.25) is 19.7 Å². The molecule has 0 saturated carbocycles. The number of aromatic nitrogens is 7. The molecule has 3 aromatic heterocycles. The molecule has 3 N–H and O–H groups in total. The van der Waals surface area contributed by atoms with E-state index in [1.165, 1.54) is 12.7 Å². The lowest BCUT2D eigenvalue weighted by molar-refractivity contribution is 0.891. The summed E-state index contributed by atoms with van der Waals surface area (Å²) in [5.41, 5.74) is -2.48. The summed E-state index contributed by atoms with van der Waals surface area (Å²) >= 11 is 0. The summed E-state index contributed by atoms with van der Waals surface area (Å²) in [5, 5.41) is 0. The molecule has 0 spiro atoms. The van der Waals surface area contributed by atoms with Crippen molar-refractivity contribution in [3.8, 4) is 0 Å². The molecular formula is C11H10N8O3. The van der Waals surface area contributed by atoms with E-state index in [9.17, 15) is 14.4 Å². The van der Waals surface area contributed by atoms with Crippen molar-refractivity contribution in [1.29, 1.82) is 0 Å². The quantitative estimate of drug-likeness (QED) is 0.482. The second-order valence-corrected chi connectivity index (χ2v) is 3.88. The van der Waals surface area contributed by atoms with E-state index < -0.39 is 16.9 Å². The van der Waals surface area contributed by atoms with Gasteiger partial charge in [0.1, 0.15) is 24.1 Å². The molecule has 11 nitrogen and oxygen atoms in total. The van der Waals surface area contributed by atoms with Crippen LogP contribution in [0.25, 0.3) is 16.1 Å². The molecule has 0 bridgehead atoms. The van der Waals surface area contributed by atoms with Crippen molar-refractivity contribution >= 4 is 11.2 Å². The van der Waals surface area contributed by atoms with E-state index in [1.807, 2.05) is 6.92 Å². The summed E-state index contributed by atoms with van der Waals surface area (Å²) in [4.78, 5) is 53.9. The summed E-state index contributed by atoms with van der Waals surface area (Å²) in [6.45, 7) is 8.58. The third-order valence-corrected chi connectivity index (χ3v) is 2.52. The van der Waals surface area contributed by atoms with E-state index in [1.54, 1.807) is 0 Å². The number of hydrogen-bond donors (Lipinski definition) is 3. The predicted octanol–water partition coefficient (Wildman–Crippen LogP) is -1.18. The SMILES string of the molecule is CCc1ncncn1.[C-]#[N+]n1c(=O)[nH]c2[nH]c(=O)[nH]c2c1=O. The van der Waals surface area contributed by atoms with Gasteiger partial charge in [-0.2, -0.15) is 6.57 Å². The molecule has 22 heavy (non-hydrogen) atoms. The molecule has 0 radical (unpaired) electrons. The molecule has 11 heteroatoms. The standard InChI is InChI=1S/C6H3N5O3.C5H7N3/c1-7-11-4(12)2-3(10-6(11)14)9-5(13)8-2;1-2-5-7-3-6-4-8-5/h(H,10,14)(H2,8,9,13);3-4H,2H2,1H3. The van der Waals surface area contributed by atoms with Crippen molar-refractivity contribution in [3.05, 3.63) is 61.3 Å². The average Bonchev–Trinajstić information content (AvgIpc) is 2.90. The molecule has 0 aromatic carbocycles. The summed E-state index contributed by atoms with van der Waals surface area (Å²) in [5.74, 6) is 0.847. The minimum Gasteiger partial charge on any atom is -0.300 e. The van der Waals surface area contributed by atoms with Crippen LogP contribution in [0.5, 0.6) is 0 Å². The van der Waals surface area contributed by atoms with Crippen LogP contribution >= 0.6 is 0 Å². The van der Waals surface area contributed by atoms with Crippen molar-refractivity contribution in [2.45, 2.75) is 13.3 Å². The van der Waals surface area contributed by atoms with E-state index in [0.29, 0.717) is 4.68 Å². The summed E-state index contributed by atoms with van der Waals surface area (Å²) < 4.78 is 0.298. The van der Waals surface area contributed by atoms with Gasteiger partial charge in [-0.15, -0.1) is 4.95 Å². The average molecular weight is 302 g/mol. The minimum atomic E-state index is -0.882. The molecule has 3 aromatic rings. The minimum absolute atomic E-state index is 0.00935. The number of aromatic amines is 3. The first-order valence-corrected chi connectivity index (χ1v) is 6.02. The Morgan fingerprint density at radius 2 is 1.86 bits per heavy atom. The molecule has 0 amide bonds. The molecule has 112 valence electrons. The summed E-state index contributed by atoms with van der Waals surface area (Å²) in [6, 6.07) is 0. The van der Waals surface area contributed by atoms with Gasteiger partial charge in [0, 0.05) is 6.42 Å². The number of imidazole rings is 1. The van der Waals surface area contributed by atoms with Crippen LogP contribution in [0.15, 0.2) is 27.0 Å². The Bertz CT molecular complexity index is 988. The Hall–Kier alpha value is -3.55. The largest absolute Gasteiger partial charge is 0.398 e. The zero-order chi connectivity index (χ0) is 16.1. The lowest BCUT2D eigenvalue weighted by atomic mass is 10.5. The van der Waals surface area contributed by atoms with Crippen LogP contribution < -0.4 is 16.9 Å². The van der Waals surface area contributed by atoms with Crippen molar-refractivity contribution in [2.24, 2.45) is 0 Å². The van der Waals surface area contributed by atoms with E-state index in [2.05, 4.69) is 34.9 Å². The van der Waals surface area contributed by atoms with Gasteiger partial charge in [0.2, 0.25) is 0 Å². The van der Waals surface area contributed by atoms with Crippen LogP contribution in [0.1, 0.15) is 12.7 Å². The van der Waals surface area contributed by atoms with Crippen LogP contribution in [-0.2, 0) is 6.42 Å². The van der Waals surface area contributed by atoms with Crippen molar-refractivity contribution in [3.63, 3.8) is 0 Å². The molecule has 0 aliphatic heterocycles. The van der Waals surface area contributed by atoms with Crippen LogP contribution in [0.2, 0.25) is 0 Å². The molecule has 0 aliphatic carbocycles. The first-order chi connectivity index (χ1) is 10.6. The zero-order valence-corrected chi connectivity index (χ0v) is 11.3. The lowest BCUT2D eigenvalue weighted by Gasteiger charge is -1.87. The molecule has 0 unspecified atom stereocenters. The fourth-order valence-corrected chi connectivity index (χ4v) is 1.53. The summed E-state index contributed by atoms with van der Waals surface area (Å²) in [7, 11) is 0. The normalized spacial score (nSPS) is 9.82. The monoisotopic (exact) mass is 302 g/mol. The molecule has 3 heterocycles. The molecule has 0 aliphatic rings. The fraction of sp³-hybridized carbons (Fsp3) is 0.182. The number of nitrogens with zero attached hydrogens (tertiary/aromatic N) is 5. The van der Waals surface area contributed by atoms with E-state index in [4.69, 9.17) is 6.57 Å². The topological polar surface area (TPSA) is 147 Å². The van der Waals surface area contributed by atoms with E-state index in [0.717, 1.165) is 12.2 Å². The van der Waals surface area contributed by atoms with Gasteiger partial charge >= 0.3 is 16.9 Å². The molecule has 0 atom stereocenters. The van der Waals surface area contributed by atoms with Crippen molar-refractivity contribution in [1.82, 2.24) is 34.6 Å². The number of aryl methyl sites for hydroxylation is 1. The first kappa shape index (κ1) is 14.9. The van der Waals surface area contributed by atoms with E-state index >= 15 is 0 Å². The molecule has 0 saturated heterocycles. The van der Waals surface area contributed by atoms with Gasteiger partial charge in [0.15, 0.2) is 5.52 Å². The highest BCUT2D eigenvalue weighted by molar-refractivity contribution is 5.67. The lowest BCUT2D eigenvalue weighted by Crippen LogP contribution is -2.30. The Morgan fingerprint density at radius 1 is 1.18 bits per heavy atom. The second-order valence-electron chi connectivity index (χ2n) is 3.88. The van der Waals surface area contributed by atoms with Crippen molar-refractivity contribution < 1.29 is 0 Å². The van der Waals surface area contributed by atoms with Crippen molar-refractivity contribution in [2.75, 3.05) is 0 Å². The number of rotatable bonds is 1. The van der Waals surface area contributed by atoms with Crippen LogP contribution in [0, 0.1) is 6.57 Å². The van der Waals surface area contributed by atoms with Gasteiger partial charge in [0.25, 0.3) is 0 Å². The second kappa shape index (κ2) is 6.27. The Balaban J connectivity index is 0.000000188. The van der Waals surface area contributed by atoms with Gasteiger partial charge < -0.3 is 0 Å². The van der Waals surface area contributed by atoms with Crippen LogP contribution in [-0.4, -0.2) is 34.6 Å². The maximum absolute atomic E-state index is 11.3. The third-order valence-electron chi connectivity index (χ3n) is 2.52. The first-order valence-electron chi connectivity index (χ1n) is 6.02. The third kappa shape index (κ3) is 2.96. The number of nitrogens with one attached hydrogen (secondary N) is 3. The highest BCUT2D eigenvalue weighted by Crippen LogP contribution is 1.91. The van der Waals surface area contributed by atoms with Crippen LogP contribution in [0.4, 0.5) is 0 Å². The predicted molar refractivity (Wildman–Crippen MR) is 75.0 cm³/mol. The van der Waals surface area contributed by atoms with E-state index in [-0.39, 0.29) is 11.2 Å². The Morgan fingerprint density at radius 3 is 2.41 bits per heavy atom. The number of fused-ring (bicyclic) bond motifs is 1. The van der Waals surface area contributed by atoms with Gasteiger partial charge in [-0.05, 0) is 0 Å². The highest BCUT2D eigenvalue weighted by Gasteiger charge is 2.12. The molecular weight excluding hydrogens is 292 g/mol. The van der Waals surface area contributed by atoms with Gasteiger partial charge in [0.05, 0.1) is 4.68 Å². The molecule has 0 fully saturated rings. The zero-order valence-electron chi connectivity index (χ0n) is 11.3. The molecule has 3 rings (SSSR count). The summed E-state index contributed by atoms with van der Waals surface area (Å²) in [6.07, 6.45) is 3.89. The van der Waals surface area contributed by atoms with Gasteiger partial charge in [-0.25, -0.2) is 24.5 Å². The van der Waals surface area contributed by atoms with Crippen LogP contribution in [0.3, 0.4) is 0 Å². The maximum atomic E-state index is 11.3. The highest BCUT2D eigenvalue weighted by atomic mass is 16.2. The number of H-pyrrole nitrogens is 3. The fourth-order valence-electron chi connectivity index (χ4n) is 1.53. The van der Waals surface area contributed by atoms with Gasteiger partial charge in [-0.1, -0.05) is 6.92 Å². The Kier molecular flexibility index (Phi) is 4.23. The number of hydrogen-bond acceptors (Lipinski definition) is 6.